The van der Waals surface area contributed by atoms with Gasteiger partial charge in [-0.3, -0.25) is 4.79 Å². The first-order chi connectivity index (χ1) is 11.7. The molecule has 0 spiro atoms. The van der Waals surface area contributed by atoms with Gasteiger partial charge in [-0.15, -0.1) is 10.2 Å². The van der Waals surface area contributed by atoms with Crippen molar-refractivity contribution < 1.29 is 18.0 Å². The standard InChI is InChI=1S/C11H9F3N4O.C2H4N4/c1-6-3-4-7(5-8(6)11(12,13)14)9(19)10-15-16-17-18(10)2;1-6-2-3-4-5-6/h3-5H,1-2H3;2H,1H3. The number of rotatable bonds is 2. The highest BCUT2D eigenvalue weighted by Crippen LogP contribution is 2.32. The van der Waals surface area contributed by atoms with E-state index in [1.165, 1.54) is 37.1 Å². The Kier molecular flexibility index (Phi) is 5.20. The monoisotopic (exact) mass is 354 g/mol. The van der Waals surface area contributed by atoms with Crippen molar-refractivity contribution in [2.75, 3.05) is 0 Å². The van der Waals surface area contributed by atoms with E-state index in [-0.39, 0.29) is 17.0 Å². The molecule has 0 aliphatic heterocycles. The topological polar surface area (TPSA) is 104 Å². The molecule has 3 aromatic rings. The van der Waals surface area contributed by atoms with Crippen LogP contribution in [0.25, 0.3) is 0 Å². The molecule has 0 radical (unpaired) electrons. The zero-order chi connectivity index (χ0) is 18.6. The summed E-state index contributed by atoms with van der Waals surface area (Å²) in [7, 11) is 3.20. The highest BCUT2D eigenvalue weighted by Gasteiger charge is 2.33. The summed E-state index contributed by atoms with van der Waals surface area (Å²) in [5.41, 5.74) is -0.885. The third kappa shape index (κ3) is 4.43. The molecule has 2 aromatic heterocycles. The highest BCUT2D eigenvalue weighted by molar-refractivity contribution is 6.06. The highest BCUT2D eigenvalue weighted by atomic mass is 19.4. The lowest BCUT2D eigenvalue weighted by molar-refractivity contribution is -0.138. The van der Waals surface area contributed by atoms with Crippen LogP contribution in [0, 0.1) is 6.92 Å². The van der Waals surface area contributed by atoms with Crippen molar-refractivity contribution in [3.05, 3.63) is 47.0 Å². The molecule has 25 heavy (non-hydrogen) atoms. The van der Waals surface area contributed by atoms with Crippen LogP contribution in [0.2, 0.25) is 0 Å². The zero-order valence-corrected chi connectivity index (χ0v) is 13.4. The molecule has 12 heteroatoms. The number of carbonyl (C=O) groups excluding carboxylic acids is 1. The van der Waals surface area contributed by atoms with Crippen molar-refractivity contribution >= 4 is 5.78 Å². The molecule has 0 saturated heterocycles. The van der Waals surface area contributed by atoms with Gasteiger partial charge in [-0.1, -0.05) is 12.1 Å². The third-order valence-corrected chi connectivity index (χ3v) is 3.08. The summed E-state index contributed by atoms with van der Waals surface area (Å²) in [4.78, 5) is 12.0. The van der Waals surface area contributed by atoms with Gasteiger partial charge in [0.05, 0.1) is 5.56 Å². The van der Waals surface area contributed by atoms with Crippen molar-refractivity contribution in [1.82, 2.24) is 40.4 Å². The molecule has 0 saturated carbocycles. The molecule has 0 amide bonds. The number of carbonyl (C=O) groups is 1. The summed E-state index contributed by atoms with van der Waals surface area (Å²) in [5, 5.41) is 20.4. The van der Waals surface area contributed by atoms with Crippen molar-refractivity contribution in [2.24, 2.45) is 14.1 Å². The van der Waals surface area contributed by atoms with Gasteiger partial charge in [0.15, 0.2) is 0 Å². The number of benzene rings is 1. The molecule has 0 fully saturated rings. The molecule has 0 N–H and O–H groups in total. The van der Waals surface area contributed by atoms with Gasteiger partial charge in [0.1, 0.15) is 6.33 Å². The van der Waals surface area contributed by atoms with Gasteiger partial charge in [0.25, 0.3) is 0 Å². The second-order valence-electron chi connectivity index (χ2n) is 4.97. The molecule has 2 heterocycles. The summed E-state index contributed by atoms with van der Waals surface area (Å²) < 4.78 is 40.9. The predicted octanol–water partition coefficient (Wildman–Crippen LogP) is 0.978. The minimum Gasteiger partial charge on any atom is -0.285 e. The number of nitrogens with zero attached hydrogens (tertiary/aromatic N) is 8. The molecular weight excluding hydrogens is 341 g/mol. The van der Waals surface area contributed by atoms with E-state index in [1.54, 1.807) is 7.05 Å². The fourth-order valence-electron chi connectivity index (χ4n) is 1.83. The Hall–Kier alpha value is -3.18. The maximum absolute atomic E-state index is 12.8. The Labute approximate surface area is 139 Å². The normalized spacial score (nSPS) is 11.0. The van der Waals surface area contributed by atoms with E-state index >= 15 is 0 Å². The van der Waals surface area contributed by atoms with E-state index in [1.807, 2.05) is 0 Å². The molecule has 0 bridgehead atoms. The summed E-state index contributed by atoms with van der Waals surface area (Å²) in [5.74, 6) is -0.769. The second kappa shape index (κ2) is 7.15. The van der Waals surface area contributed by atoms with Crippen molar-refractivity contribution in [2.45, 2.75) is 13.1 Å². The van der Waals surface area contributed by atoms with Gasteiger partial charge in [-0.05, 0) is 39.4 Å². The van der Waals surface area contributed by atoms with Crippen LogP contribution in [-0.2, 0) is 20.3 Å². The number of hydrogen-bond donors (Lipinski definition) is 0. The predicted molar refractivity (Wildman–Crippen MR) is 77.2 cm³/mol. The number of ketones is 1. The summed E-state index contributed by atoms with van der Waals surface area (Å²) >= 11 is 0. The minimum absolute atomic E-state index is 0.0557. The molecule has 0 aliphatic carbocycles. The van der Waals surface area contributed by atoms with Crippen molar-refractivity contribution in [1.29, 1.82) is 0 Å². The minimum atomic E-state index is -4.50. The smallest absolute Gasteiger partial charge is 0.285 e. The molecule has 1 aromatic carbocycles. The van der Waals surface area contributed by atoms with Crippen LogP contribution in [0.4, 0.5) is 13.2 Å². The Morgan fingerprint density at radius 3 is 2.28 bits per heavy atom. The third-order valence-electron chi connectivity index (χ3n) is 3.08. The van der Waals surface area contributed by atoms with E-state index in [0.717, 1.165) is 10.7 Å². The lowest BCUT2D eigenvalue weighted by Gasteiger charge is -2.11. The van der Waals surface area contributed by atoms with E-state index < -0.39 is 17.5 Å². The fraction of sp³-hybridized carbons (Fsp3) is 0.308. The lowest BCUT2D eigenvalue weighted by Crippen LogP contribution is -2.13. The van der Waals surface area contributed by atoms with Crippen LogP contribution in [-0.4, -0.2) is 46.2 Å². The van der Waals surface area contributed by atoms with E-state index in [9.17, 15) is 18.0 Å². The maximum atomic E-state index is 12.8. The first-order valence-electron chi connectivity index (χ1n) is 6.82. The van der Waals surface area contributed by atoms with Gasteiger partial charge in [0.2, 0.25) is 11.6 Å². The molecular formula is C13H13F3N8O. The first-order valence-corrected chi connectivity index (χ1v) is 6.82. The molecule has 3 rings (SSSR count). The molecule has 132 valence electrons. The van der Waals surface area contributed by atoms with Gasteiger partial charge in [-0.25, -0.2) is 9.36 Å². The molecule has 0 atom stereocenters. The Bertz CT molecular complexity index is 857. The number of tetrazole rings is 2. The van der Waals surface area contributed by atoms with Gasteiger partial charge in [-0.2, -0.15) is 13.2 Å². The first kappa shape index (κ1) is 18.2. The van der Waals surface area contributed by atoms with E-state index in [4.69, 9.17) is 0 Å². The van der Waals surface area contributed by atoms with Crippen LogP contribution < -0.4 is 0 Å². The largest absolute Gasteiger partial charge is 0.416 e. The average Bonchev–Trinajstić information content (AvgIpc) is 3.17. The number of hydrogen-bond acceptors (Lipinski definition) is 7. The Morgan fingerprint density at radius 1 is 1.12 bits per heavy atom. The number of aromatic nitrogens is 8. The number of halogens is 3. The Balaban J connectivity index is 0.000000316. The zero-order valence-electron chi connectivity index (χ0n) is 13.4. The molecule has 0 unspecified atom stereocenters. The van der Waals surface area contributed by atoms with Gasteiger partial charge in [0, 0.05) is 19.7 Å². The van der Waals surface area contributed by atoms with Crippen molar-refractivity contribution in [3.8, 4) is 0 Å². The summed E-state index contributed by atoms with van der Waals surface area (Å²) in [6, 6.07) is 3.38. The second-order valence-corrected chi connectivity index (χ2v) is 4.97. The van der Waals surface area contributed by atoms with Crippen LogP contribution in [0.15, 0.2) is 24.5 Å². The van der Waals surface area contributed by atoms with Crippen LogP contribution >= 0.6 is 0 Å². The average molecular weight is 354 g/mol. The number of alkyl halides is 3. The van der Waals surface area contributed by atoms with Gasteiger partial charge < -0.3 is 0 Å². The van der Waals surface area contributed by atoms with Crippen LogP contribution in [0.5, 0.6) is 0 Å². The number of aryl methyl sites for hydroxylation is 3. The quantitative estimate of drug-likeness (QED) is 0.632. The van der Waals surface area contributed by atoms with E-state index in [2.05, 4.69) is 31.1 Å². The molecule has 0 aliphatic rings. The van der Waals surface area contributed by atoms with E-state index in [0.29, 0.717) is 0 Å². The van der Waals surface area contributed by atoms with Crippen LogP contribution in [0.1, 0.15) is 27.3 Å². The molecule has 9 nitrogen and oxygen atoms in total. The lowest BCUT2D eigenvalue weighted by atomic mass is 10.0. The fourth-order valence-corrected chi connectivity index (χ4v) is 1.83. The summed E-state index contributed by atoms with van der Waals surface area (Å²) in [6.45, 7) is 1.33. The van der Waals surface area contributed by atoms with Gasteiger partial charge >= 0.3 is 6.18 Å². The van der Waals surface area contributed by atoms with Crippen molar-refractivity contribution in [3.63, 3.8) is 0 Å². The summed E-state index contributed by atoms with van der Waals surface area (Å²) in [6.07, 6.45) is -2.97. The van der Waals surface area contributed by atoms with Crippen LogP contribution in [0.3, 0.4) is 0 Å². The maximum Gasteiger partial charge on any atom is 0.416 e. The SMILES string of the molecule is Cc1ccc(C(=O)c2nnnn2C)cc1C(F)(F)F.Cn1cnnn1. The Morgan fingerprint density at radius 2 is 1.84 bits per heavy atom.